The van der Waals surface area contributed by atoms with Crippen molar-refractivity contribution < 1.29 is 9.59 Å². The van der Waals surface area contributed by atoms with E-state index in [1.165, 1.54) is 0 Å². The largest absolute Gasteiger partial charge is 0.352 e. The molecule has 0 saturated carbocycles. The Labute approximate surface area is 112 Å². The van der Waals surface area contributed by atoms with Gasteiger partial charge in [-0.3, -0.25) is 4.79 Å². The normalized spacial score (nSPS) is 11.7. The molecule has 1 aromatic rings. The Kier molecular flexibility index (Phi) is 5.81. The number of carbonyl (C=O) groups is 2. The van der Waals surface area contributed by atoms with Gasteiger partial charge >= 0.3 is 6.03 Å². The van der Waals surface area contributed by atoms with Gasteiger partial charge in [-0.25, -0.2) is 4.79 Å². The van der Waals surface area contributed by atoms with Crippen molar-refractivity contribution in [1.82, 2.24) is 5.32 Å². The lowest BCUT2D eigenvalue weighted by atomic mass is 10.1. The number of nitrogens with one attached hydrogen (secondary N) is 2. The zero-order valence-corrected chi connectivity index (χ0v) is 11.0. The summed E-state index contributed by atoms with van der Waals surface area (Å²) in [4.78, 5) is 22.1. The van der Waals surface area contributed by atoms with E-state index in [2.05, 4.69) is 10.6 Å². The lowest BCUT2D eigenvalue weighted by Crippen LogP contribution is -2.28. The molecule has 6 heteroatoms. The van der Waals surface area contributed by atoms with Gasteiger partial charge in [-0.05, 0) is 31.0 Å². The van der Waals surface area contributed by atoms with E-state index in [0.717, 1.165) is 11.3 Å². The highest BCUT2D eigenvalue weighted by molar-refractivity contribution is 5.90. The Morgan fingerprint density at radius 3 is 2.42 bits per heavy atom. The first kappa shape index (κ1) is 15.0. The number of primary amides is 1. The van der Waals surface area contributed by atoms with Crippen LogP contribution in [0.15, 0.2) is 24.3 Å². The Morgan fingerprint density at radius 2 is 1.89 bits per heavy atom. The van der Waals surface area contributed by atoms with Gasteiger partial charge < -0.3 is 22.1 Å². The Morgan fingerprint density at radius 1 is 1.26 bits per heavy atom. The maximum absolute atomic E-state index is 11.6. The predicted molar refractivity (Wildman–Crippen MR) is 74.4 cm³/mol. The lowest BCUT2D eigenvalue weighted by Gasteiger charge is -2.08. The molecule has 6 N–H and O–H groups in total. The van der Waals surface area contributed by atoms with Crippen LogP contribution in [0.25, 0.3) is 0 Å². The summed E-state index contributed by atoms with van der Waals surface area (Å²) in [5.41, 5.74) is 12.2. The van der Waals surface area contributed by atoms with Crippen LogP contribution >= 0.6 is 0 Å². The number of urea groups is 1. The number of anilines is 1. The number of hydrogen-bond donors (Lipinski definition) is 4. The third-order valence-corrected chi connectivity index (χ3v) is 2.53. The van der Waals surface area contributed by atoms with E-state index in [9.17, 15) is 9.59 Å². The lowest BCUT2D eigenvalue weighted by molar-refractivity contribution is -0.116. The van der Waals surface area contributed by atoms with Crippen LogP contribution in [0.1, 0.15) is 25.3 Å². The monoisotopic (exact) mass is 264 g/mol. The zero-order chi connectivity index (χ0) is 14.3. The molecule has 0 heterocycles. The highest BCUT2D eigenvalue weighted by atomic mass is 16.2. The second kappa shape index (κ2) is 7.38. The maximum atomic E-state index is 11.6. The van der Waals surface area contributed by atoms with Gasteiger partial charge in [-0.2, -0.15) is 0 Å². The quantitative estimate of drug-likeness (QED) is 0.613. The molecule has 1 rings (SSSR count). The number of hydrogen-bond acceptors (Lipinski definition) is 3. The fraction of sp³-hybridized carbons (Fsp3) is 0.385. The van der Waals surface area contributed by atoms with Crippen LogP contribution in [0, 0.1) is 0 Å². The molecule has 0 aliphatic rings. The molecule has 0 aliphatic carbocycles. The molecule has 3 amide bonds. The zero-order valence-electron chi connectivity index (χ0n) is 11.0. The molecule has 0 aliphatic heterocycles. The van der Waals surface area contributed by atoms with Crippen molar-refractivity contribution in [2.24, 2.45) is 11.5 Å². The van der Waals surface area contributed by atoms with Crippen LogP contribution in [0.2, 0.25) is 0 Å². The maximum Gasteiger partial charge on any atom is 0.312 e. The van der Waals surface area contributed by atoms with E-state index in [1.807, 2.05) is 19.1 Å². The Hall–Kier alpha value is -2.08. The summed E-state index contributed by atoms with van der Waals surface area (Å²) in [5.74, 6) is -0.0553. The summed E-state index contributed by atoms with van der Waals surface area (Å²) in [6.45, 7) is 2.24. The number of nitrogens with two attached hydrogens (primary N) is 2. The fourth-order valence-corrected chi connectivity index (χ4v) is 1.48. The highest BCUT2D eigenvalue weighted by Crippen LogP contribution is 2.10. The van der Waals surface area contributed by atoms with Crippen LogP contribution in [0.3, 0.4) is 0 Å². The van der Waals surface area contributed by atoms with Gasteiger partial charge in [0.1, 0.15) is 0 Å². The van der Waals surface area contributed by atoms with Crippen molar-refractivity contribution in [1.29, 1.82) is 0 Å². The Bertz CT molecular complexity index is 429. The van der Waals surface area contributed by atoms with Crippen LogP contribution < -0.4 is 22.1 Å². The topological polar surface area (TPSA) is 110 Å². The molecule has 104 valence electrons. The van der Waals surface area contributed by atoms with Crippen molar-refractivity contribution in [2.45, 2.75) is 32.4 Å². The first-order valence-corrected chi connectivity index (χ1v) is 6.15. The molecule has 0 radical (unpaired) electrons. The Balaban J connectivity index is 2.43. The molecule has 1 aromatic carbocycles. The molecule has 0 saturated heterocycles. The summed E-state index contributed by atoms with van der Waals surface area (Å²) in [7, 11) is 0. The van der Waals surface area contributed by atoms with E-state index in [1.54, 1.807) is 12.1 Å². The first-order chi connectivity index (χ1) is 8.97. The highest BCUT2D eigenvalue weighted by Gasteiger charge is 2.04. The summed E-state index contributed by atoms with van der Waals surface area (Å²) in [6.07, 6.45) is 1.06. The smallest absolute Gasteiger partial charge is 0.312 e. The van der Waals surface area contributed by atoms with Crippen LogP contribution in [-0.4, -0.2) is 18.0 Å². The number of amides is 3. The summed E-state index contributed by atoms with van der Waals surface area (Å²) < 4.78 is 0. The molecule has 0 aromatic heterocycles. The van der Waals surface area contributed by atoms with Crippen LogP contribution in [0.4, 0.5) is 10.5 Å². The van der Waals surface area contributed by atoms with Gasteiger partial charge in [0, 0.05) is 24.7 Å². The van der Waals surface area contributed by atoms with Crippen molar-refractivity contribution >= 4 is 17.6 Å². The average molecular weight is 264 g/mol. The van der Waals surface area contributed by atoms with Gasteiger partial charge in [-0.15, -0.1) is 0 Å². The fourth-order valence-electron chi connectivity index (χ4n) is 1.48. The second-order valence-electron chi connectivity index (χ2n) is 4.48. The second-order valence-corrected chi connectivity index (χ2v) is 4.48. The van der Waals surface area contributed by atoms with Crippen molar-refractivity contribution in [3.63, 3.8) is 0 Å². The van der Waals surface area contributed by atoms with Crippen molar-refractivity contribution in [3.05, 3.63) is 29.8 Å². The molecule has 0 bridgehead atoms. The molecule has 1 unspecified atom stereocenters. The van der Waals surface area contributed by atoms with Gasteiger partial charge in [-0.1, -0.05) is 12.1 Å². The minimum Gasteiger partial charge on any atom is -0.352 e. The van der Waals surface area contributed by atoms with Gasteiger partial charge in [0.15, 0.2) is 0 Å². The average Bonchev–Trinajstić information content (AvgIpc) is 2.35. The molecule has 1 atom stereocenters. The van der Waals surface area contributed by atoms with E-state index in [-0.39, 0.29) is 11.9 Å². The first-order valence-electron chi connectivity index (χ1n) is 6.15. The van der Waals surface area contributed by atoms with Gasteiger partial charge in [0.05, 0.1) is 0 Å². The molecule has 6 nitrogen and oxygen atoms in total. The third kappa shape index (κ3) is 6.42. The molecule has 0 spiro atoms. The standard InChI is InChI=1S/C13H20N4O2/c1-9(14)2-7-12(18)17-11-5-3-10(4-6-11)8-16-13(15)19/h3-6,9H,2,7-8,14H2,1H3,(H,17,18)(H3,15,16,19). The van der Waals surface area contributed by atoms with Crippen molar-refractivity contribution in [2.75, 3.05) is 5.32 Å². The number of carbonyl (C=O) groups excluding carboxylic acids is 2. The van der Waals surface area contributed by atoms with Crippen molar-refractivity contribution in [3.8, 4) is 0 Å². The van der Waals surface area contributed by atoms with Gasteiger partial charge in [0.25, 0.3) is 0 Å². The third-order valence-electron chi connectivity index (χ3n) is 2.53. The van der Waals surface area contributed by atoms with E-state index in [0.29, 0.717) is 19.4 Å². The summed E-state index contributed by atoms with van der Waals surface area (Å²) >= 11 is 0. The minimum atomic E-state index is -0.562. The van der Waals surface area contributed by atoms with E-state index < -0.39 is 6.03 Å². The van der Waals surface area contributed by atoms with Crippen LogP contribution in [-0.2, 0) is 11.3 Å². The predicted octanol–water partition coefficient (Wildman–Crippen LogP) is 0.921. The number of rotatable bonds is 6. The number of benzene rings is 1. The van der Waals surface area contributed by atoms with Crippen LogP contribution in [0.5, 0.6) is 0 Å². The molecular weight excluding hydrogens is 244 g/mol. The van der Waals surface area contributed by atoms with E-state index in [4.69, 9.17) is 11.5 Å². The summed E-state index contributed by atoms with van der Waals surface area (Å²) in [6, 6.07) is 6.65. The SMILES string of the molecule is CC(N)CCC(=O)Nc1ccc(CNC(N)=O)cc1. The molecular formula is C13H20N4O2. The van der Waals surface area contributed by atoms with Gasteiger partial charge in [0.2, 0.25) is 5.91 Å². The summed E-state index contributed by atoms with van der Waals surface area (Å²) in [5, 5.41) is 5.28. The molecule has 19 heavy (non-hydrogen) atoms. The molecule has 0 fully saturated rings. The minimum absolute atomic E-state index is 0.0213. The van der Waals surface area contributed by atoms with E-state index >= 15 is 0 Å².